The van der Waals surface area contributed by atoms with Crippen LogP contribution in [0.5, 0.6) is 0 Å². The number of aromatic nitrogens is 1. The van der Waals surface area contributed by atoms with Gasteiger partial charge in [-0.3, -0.25) is 4.79 Å². The van der Waals surface area contributed by atoms with Gasteiger partial charge in [-0.15, -0.1) is 0 Å². The predicted molar refractivity (Wildman–Crippen MR) is 60.8 cm³/mol. The highest BCUT2D eigenvalue weighted by molar-refractivity contribution is 6.32. The number of pyridine rings is 1. The topological polar surface area (TPSA) is 80.0 Å². The lowest BCUT2D eigenvalue weighted by molar-refractivity contribution is -0.118. The van der Waals surface area contributed by atoms with Gasteiger partial charge in [-0.25, -0.2) is 4.98 Å². The van der Waals surface area contributed by atoms with Crippen molar-refractivity contribution in [2.45, 2.75) is 6.92 Å². The molecule has 15 heavy (non-hydrogen) atoms. The fourth-order valence-corrected chi connectivity index (χ4v) is 1.20. The summed E-state index contributed by atoms with van der Waals surface area (Å²) in [6.45, 7) is 2.59. The van der Waals surface area contributed by atoms with Crippen LogP contribution in [0.4, 0.5) is 11.4 Å². The minimum Gasteiger partial charge on any atom is -0.395 e. The van der Waals surface area contributed by atoms with Gasteiger partial charge in [0.25, 0.3) is 0 Å². The molecule has 0 spiro atoms. The number of nitrogens with two attached hydrogens (primary N) is 1. The maximum atomic E-state index is 10.6. The molecule has 0 saturated heterocycles. The Hall–Kier alpha value is -1.49. The summed E-state index contributed by atoms with van der Waals surface area (Å²) in [6, 6.07) is 1.73. The zero-order valence-electron chi connectivity index (χ0n) is 8.38. The summed E-state index contributed by atoms with van der Waals surface area (Å²) in [6.07, 6.45) is 1.57. The highest BCUT2D eigenvalue weighted by atomic mass is 35.5. The van der Waals surface area contributed by atoms with Crippen molar-refractivity contribution in [3.8, 4) is 0 Å². The molecule has 1 amide bonds. The lowest BCUT2D eigenvalue weighted by Crippen LogP contribution is -2.26. The van der Waals surface area contributed by atoms with Gasteiger partial charge in [-0.2, -0.15) is 0 Å². The van der Waals surface area contributed by atoms with Crippen molar-refractivity contribution >= 4 is 28.9 Å². The van der Waals surface area contributed by atoms with E-state index in [-0.39, 0.29) is 11.1 Å². The Morgan fingerprint density at radius 1 is 1.60 bits per heavy atom. The zero-order chi connectivity index (χ0) is 11.3. The van der Waals surface area contributed by atoms with Crippen molar-refractivity contribution in [2.75, 3.05) is 24.1 Å². The fourth-order valence-electron chi connectivity index (χ4n) is 1.04. The van der Waals surface area contributed by atoms with Gasteiger partial charge in [-0.1, -0.05) is 11.6 Å². The maximum absolute atomic E-state index is 10.6. The van der Waals surface area contributed by atoms with Crippen LogP contribution in [0.3, 0.4) is 0 Å². The molecule has 5 nitrogen and oxygen atoms in total. The molecule has 82 valence electrons. The lowest BCUT2D eigenvalue weighted by atomic mass is 10.3. The molecule has 1 rings (SSSR count). The predicted octanol–water partition coefficient (Wildman–Crippen LogP) is 0.865. The number of nitrogens with zero attached hydrogens (tertiary/aromatic N) is 1. The van der Waals surface area contributed by atoms with Crippen LogP contribution in [-0.2, 0) is 4.79 Å². The Labute approximate surface area is 93.0 Å². The quantitative estimate of drug-likeness (QED) is 0.528. The van der Waals surface area contributed by atoms with E-state index in [1.165, 1.54) is 6.92 Å². The molecule has 1 heterocycles. The van der Waals surface area contributed by atoms with Crippen molar-refractivity contribution in [1.29, 1.82) is 0 Å². The van der Waals surface area contributed by atoms with Gasteiger partial charge in [0, 0.05) is 26.2 Å². The smallest absolute Gasteiger partial charge is 0.216 e. The molecule has 0 saturated carbocycles. The van der Waals surface area contributed by atoms with Crippen LogP contribution in [0.1, 0.15) is 6.92 Å². The second-order valence-corrected chi connectivity index (χ2v) is 3.33. The molecular weight excluding hydrogens is 216 g/mol. The van der Waals surface area contributed by atoms with Gasteiger partial charge < -0.3 is 16.4 Å². The number of halogens is 1. The second-order valence-electron chi connectivity index (χ2n) is 2.97. The van der Waals surface area contributed by atoms with Crippen LogP contribution < -0.4 is 16.4 Å². The van der Waals surface area contributed by atoms with Crippen LogP contribution in [0.15, 0.2) is 12.3 Å². The summed E-state index contributed by atoms with van der Waals surface area (Å²) in [7, 11) is 0. The number of anilines is 2. The number of hydrogen-bond donors (Lipinski definition) is 3. The Balaban J connectivity index is 2.44. The summed E-state index contributed by atoms with van der Waals surface area (Å²) >= 11 is 5.73. The minimum absolute atomic E-state index is 0.0578. The first kappa shape index (κ1) is 11.6. The van der Waals surface area contributed by atoms with Crippen molar-refractivity contribution < 1.29 is 4.79 Å². The number of carbonyl (C=O) groups is 1. The van der Waals surface area contributed by atoms with Crippen molar-refractivity contribution in [1.82, 2.24) is 10.3 Å². The largest absolute Gasteiger partial charge is 0.395 e. The molecule has 0 aliphatic heterocycles. The number of nitrogen functional groups attached to an aromatic ring is 1. The maximum Gasteiger partial charge on any atom is 0.216 e. The normalized spacial score (nSPS) is 9.73. The second kappa shape index (κ2) is 5.41. The Bertz CT molecular complexity index is 356. The van der Waals surface area contributed by atoms with Gasteiger partial charge in [0.15, 0.2) is 5.15 Å². The van der Waals surface area contributed by atoms with E-state index in [0.717, 1.165) is 5.69 Å². The molecule has 0 unspecified atom stereocenters. The zero-order valence-corrected chi connectivity index (χ0v) is 9.14. The van der Waals surface area contributed by atoms with Crippen LogP contribution in [0.25, 0.3) is 0 Å². The Morgan fingerprint density at radius 3 is 3.00 bits per heavy atom. The van der Waals surface area contributed by atoms with Crippen molar-refractivity contribution in [2.24, 2.45) is 0 Å². The summed E-state index contributed by atoms with van der Waals surface area (Å²) in [5.74, 6) is -0.0578. The summed E-state index contributed by atoms with van der Waals surface area (Å²) < 4.78 is 0. The Morgan fingerprint density at radius 2 is 2.33 bits per heavy atom. The molecule has 0 aliphatic rings. The molecule has 0 bridgehead atoms. The highest BCUT2D eigenvalue weighted by Gasteiger charge is 2.02. The lowest BCUT2D eigenvalue weighted by Gasteiger charge is -2.09. The average molecular weight is 229 g/mol. The molecule has 0 aliphatic carbocycles. The first-order valence-electron chi connectivity index (χ1n) is 4.49. The van der Waals surface area contributed by atoms with Crippen LogP contribution >= 0.6 is 11.6 Å². The third-order valence-electron chi connectivity index (χ3n) is 1.76. The number of carbonyl (C=O) groups excluding carboxylic acids is 1. The molecule has 6 heteroatoms. The monoisotopic (exact) mass is 228 g/mol. The van der Waals surface area contributed by atoms with Gasteiger partial charge in [0.2, 0.25) is 5.91 Å². The first-order valence-corrected chi connectivity index (χ1v) is 4.87. The number of nitrogens with one attached hydrogen (secondary N) is 2. The van der Waals surface area contributed by atoms with E-state index in [9.17, 15) is 4.79 Å². The van der Waals surface area contributed by atoms with Gasteiger partial charge >= 0.3 is 0 Å². The summed E-state index contributed by atoms with van der Waals surface area (Å²) in [4.78, 5) is 14.4. The molecule has 4 N–H and O–H groups in total. The number of rotatable bonds is 4. The third kappa shape index (κ3) is 3.63. The van der Waals surface area contributed by atoms with E-state index in [1.807, 2.05) is 0 Å². The minimum atomic E-state index is -0.0578. The number of hydrogen-bond acceptors (Lipinski definition) is 4. The summed E-state index contributed by atoms with van der Waals surface area (Å²) in [5.41, 5.74) is 6.82. The van der Waals surface area contributed by atoms with E-state index in [4.69, 9.17) is 17.3 Å². The molecule has 1 aromatic rings. The summed E-state index contributed by atoms with van der Waals surface area (Å²) in [5, 5.41) is 5.98. The fraction of sp³-hybridized carbons (Fsp3) is 0.333. The van der Waals surface area contributed by atoms with Crippen LogP contribution in [0, 0.1) is 0 Å². The molecule has 1 aromatic heterocycles. The highest BCUT2D eigenvalue weighted by Crippen LogP contribution is 2.23. The van der Waals surface area contributed by atoms with Crippen LogP contribution in [0.2, 0.25) is 5.15 Å². The first-order chi connectivity index (χ1) is 7.11. The SMILES string of the molecule is CC(=O)NCCNc1ccnc(Cl)c1N. The van der Waals surface area contributed by atoms with E-state index in [2.05, 4.69) is 15.6 Å². The van der Waals surface area contributed by atoms with Gasteiger partial charge in [0.1, 0.15) is 0 Å². The van der Waals surface area contributed by atoms with Crippen molar-refractivity contribution in [3.63, 3.8) is 0 Å². The number of amides is 1. The van der Waals surface area contributed by atoms with Crippen LogP contribution in [-0.4, -0.2) is 24.0 Å². The molecule has 0 fully saturated rings. The molecule has 0 radical (unpaired) electrons. The average Bonchev–Trinajstić information content (AvgIpc) is 2.18. The molecule has 0 atom stereocenters. The van der Waals surface area contributed by atoms with Crippen molar-refractivity contribution in [3.05, 3.63) is 17.4 Å². The van der Waals surface area contributed by atoms with E-state index in [1.54, 1.807) is 12.3 Å². The Kier molecular flexibility index (Phi) is 4.17. The van der Waals surface area contributed by atoms with E-state index >= 15 is 0 Å². The molecule has 0 aromatic carbocycles. The van der Waals surface area contributed by atoms with E-state index < -0.39 is 0 Å². The van der Waals surface area contributed by atoms with Gasteiger partial charge in [-0.05, 0) is 6.07 Å². The third-order valence-corrected chi connectivity index (χ3v) is 2.06. The standard InChI is InChI=1S/C9H13ClN4O/c1-6(15)12-4-5-13-7-2-3-14-9(10)8(7)11/h2-3H,4-5,11H2,1H3,(H,12,15)(H,13,14). The van der Waals surface area contributed by atoms with E-state index in [0.29, 0.717) is 18.8 Å². The van der Waals surface area contributed by atoms with Gasteiger partial charge in [0.05, 0.1) is 11.4 Å². The molecular formula is C9H13ClN4O.